The molecule has 2 heterocycles. The van der Waals surface area contributed by atoms with E-state index in [-0.39, 0.29) is 5.69 Å². The highest BCUT2D eigenvalue weighted by Gasteiger charge is 2.28. The molecule has 0 saturated heterocycles. The summed E-state index contributed by atoms with van der Waals surface area (Å²) in [5, 5.41) is 14.1. The first kappa shape index (κ1) is 20.7. The number of non-ortho nitro benzene ring substituents is 1. The predicted octanol–water partition coefficient (Wildman–Crippen LogP) is 3.47. The van der Waals surface area contributed by atoms with E-state index in [0.717, 1.165) is 36.5 Å². The van der Waals surface area contributed by atoms with Crippen molar-refractivity contribution in [2.75, 3.05) is 25.5 Å². The van der Waals surface area contributed by atoms with Crippen LogP contribution in [0.3, 0.4) is 0 Å². The average Bonchev–Trinajstić information content (AvgIpc) is 3.08. The Morgan fingerprint density at radius 2 is 2.21 bits per heavy atom. The van der Waals surface area contributed by atoms with Crippen molar-refractivity contribution in [3.05, 3.63) is 62.0 Å². The number of ether oxygens (including phenoxy) is 1. The van der Waals surface area contributed by atoms with Gasteiger partial charge in [-0.1, -0.05) is 19.1 Å². The molecule has 0 bridgehead atoms. The van der Waals surface area contributed by atoms with Crippen LogP contribution in [0.1, 0.15) is 33.3 Å². The molecule has 8 nitrogen and oxygen atoms in total. The molecule has 1 aliphatic heterocycles. The number of amides is 1. The van der Waals surface area contributed by atoms with E-state index in [9.17, 15) is 19.7 Å². The zero-order valence-electron chi connectivity index (χ0n) is 16.1. The SMILES string of the molecule is CCN1CCc2c(sc(NC(=O)C=Cc3cccc([N+](=O)[O-])c3)c2C(=O)OC)C1. The van der Waals surface area contributed by atoms with Crippen LogP contribution in [0.15, 0.2) is 30.3 Å². The van der Waals surface area contributed by atoms with E-state index in [1.54, 1.807) is 12.1 Å². The Morgan fingerprint density at radius 3 is 2.90 bits per heavy atom. The van der Waals surface area contributed by atoms with Crippen molar-refractivity contribution >= 4 is 40.0 Å². The second-order valence-electron chi connectivity index (χ2n) is 6.49. The van der Waals surface area contributed by atoms with Gasteiger partial charge in [-0.3, -0.25) is 19.8 Å². The number of nitrogens with zero attached hydrogens (tertiary/aromatic N) is 2. The second-order valence-corrected chi connectivity index (χ2v) is 7.60. The molecular formula is C20H21N3O5S. The van der Waals surface area contributed by atoms with Gasteiger partial charge in [0.15, 0.2) is 0 Å². The first-order valence-corrected chi connectivity index (χ1v) is 9.93. The van der Waals surface area contributed by atoms with Gasteiger partial charge in [0.1, 0.15) is 5.00 Å². The largest absolute Gasteiger partial charge is 0.465 e. The molecule has 1 N–H and O–H groups in total. The summed E-state index contributed by atoms with van der Waals surface area (Å²) >= 11 is 1.38. The molecule has 152 valence electrons. The maximum atomic E-state index is 12.4. The molecule has 9 heteroatoms. The molecule has 0 saturated carbocycles. The number of rotatable bonds is 6. The molecule has 0 spiro atoms. The van der Waals surface area contributed by atoms with Crippen LogP contribution >= 0.6 is 11.3 Å². The second kappa shape index (κ2) is 8.97. The lowest BCUT2D eigenvalue weighted by molar-refractivity contribution is -0.384. The molecule has 1 aliphatic rings. The zero-order valence-corrected chi connectivity index (χ0v) is 17.0. The third kappa shape index (κ3) is 4.69. The van der Waals surface area contributed by atoms with E-state index in [1.807, 2.05) is 0 Å². The maximum Gasteiger partial charge on any atom is 0.341 e. The third-order valence-electron chi connectivity index (χ3n) is 4.72. The Labute approximate surface area is 171 Å². The molecule has 0 unspecified atom stereocenters. The lowest BCUT2D eigenvalue weighted by Crippen LogP contribution is -2.29. The number of carbonyl (C=O) groups is 2. The highest BCUT2D eigenvalue weighted by molar-refractivity contribution is 7.17. The molecule has 29 heavy (non-hydrogen) atoms. The Bertz CT molecular complexity index is 982. The molecule has 2 aromatic rings. The number of fused-ring (bicyclic) bond motifs is 1. The molecule has 0 aliphatic carbocycles. The number of esters is 1. The van der Waals surface area contributed by atoms with Crippen molar-refractivity contribution in [3.8, 4) is 0 Å². The minimum atomic E-state index is -0.490. The molecule has 1 aromatic carbocycles. The average molecular weight is 415 g/mol. The normalized spacial score (nSPS) is 13.9. The molecule has 0 radical (unpaired) electrons. The maximum absolute atomic E-state index is 12.4. The van der Waals surface area contributed by atoms with Crippen LogP contribution in [0.2, 0.25) is 0 Å². The summed E-state index contributed by atoms with van der Waals surface area (Å²) in [5.41, 5.74) is 1.84. The van der Waals surface area contributed by atoms with Crippen LogP contribution in [0, 0.1) is 10.1 Å². The van der Waals surface area contributed by atoms with Crippen LogP contribution in [-0.2, 0) is 22.5 Å². The highest BCUT2D eigenvalue weighted by Crippen LogP contribution is 2.37. The van der Waals surface area contributed by atoms with Gasteiger partial charge in [-0.25, -0.2) is 4.79 Å². The van der Waals surface area contributed by atoms with Gasteiger partial charge in [0.2, 0.25) is 5.91 Å². The first-order chi connectivity index (χ1) is 13.9. The van der Waals surface area contributed by atoms with Crippen LogP contribution in [-0.4, -0.2) is 41.9 Å². The molecule has 0 fully saturated rings. The van der Waals surface area contributed by atoms with E-state index in [0.29, 0.717) is 16.1 Å². The van der Waals surface area contributed by atoms with Crippen molar-refractivity contribution in [2.45, 2.75) is 19.9 Å². The number of anilines is 1. The number of methoxy groups -OCH3 is 1. The summed E-state index contributed by atoms with van der Waals surface area (Å²) in [4.78, 5) is 38.4. The number of carbonyl (C=O) groups excluding carboxylic acids is 2. The van der Waals surface area contributed by atoms with Crippen LogP contribution in [0.4, 0.5) is 10.7 Å². The summed E-state index contributed by atoms with van der Waals surface area (Å²) in [6.45, 7) is 4.59. The fraction of sp³-hybridized carbons (Fsp3) is 0.300. The smallest absolute Gasteiger partial charge is 0.341 e. The van der Waals surface area contributed by atoms with E-state index in [2.05, 4.69) is 17.1 Å². The third-order valence-corrected chi connectivity index (χ3v) is 5.85. The summed E-state index contributed by atoms with van der Waals surface area (Å²) in [5.74, 6) is -0.891. The quantitative estimate of drug-likeness (QED) is 0.335. The van der Waals surface area contributed by atoms with Gasteiger partial charge in [-0.2, -0.15) is 0 Å². The van der Waals surface area contributed by atoms with E-state index in [1.165, 1.54) is 42.7 Å². The van der Waals surface area contributed by atoms with Gasteiger partial charge in [0, 0.05) is 36.2 Å². The summed E-state index contributed by atoms with van der Waals surface area (Å²) in [6.07, 6.45) is 3.51. The van der Waals surface area contributed by atoms with Gasteiger partial charge in [-0.15, -0.1) is 11.3 Å². The van der Waals surface area contributed by atoms with Crippen molar-refractivity contribution in [2.24, 2.45) is 0 Å². The van der Waals surface area contributed by atoms with Crippen LogP contribution in [0.5, 0.6) is 0 Å². The molecule has 3 rings (SSSR count). The van der Waals surface area contributed by atoms with Crippen molar-refractivity contribution in [1.82, 2.24) is 4.90 Å². The number of hydrogen-bond acceptors (Lipinski definition) is 7. The Morgan fingerprint density at radius 1 is 1.41 bits per heavy atom. The summed E-state index contributed by atoms with van der Waals surface area (Å²) < 4.78 is 4.92. The molecule has 0 atom stereocenters. The Balaban J connectivity index is 1.81. The van der Waals surface area contributed by atoms with E-state index >= 15 is 0 Å². The summed E-state index contributed by atoms with van der Waals surface area (Å²) in [6, 6.07) is 5.99. The van der Waals surface area contributed by atoms with E-state index < -0.39 is 16.8 Å². The van der Waals surface area contributed by atoms with E-state index in [4.69, 9.17) is 4.74 Å². The van der Waals surface area contributed by atoms with Gasteiger partial charge in [0.25, 0.3) is 5.69 Å². The number of nitrogens with one attached hydrogen (secondary N) is 1. The van der Waals surface area contributed by atoms with Crippen LogP contribution in [0.25, 0.3) is 6.08 Å². The monoisotopic (exact) mass is 415 g/mol. The van der Waals surface area contributed by atoms with Crippen molar-refractivity contribution in [3.63, 3.8) is 0 Å². The number of likely N-dealkylation sites (N-methyl/N-ethyl adjacent to an activating group) is 1. The highest BCUT2D eigenvalue weighted by atomic mass is 32.1. The van der Waals surface area contributed by atoms with Gasteiger partial charge in [-0.05, 0) is 30.2 Å². The number of hydrogen-bond donors (Lipinski definition) is 1. The fourth-order valence-corrected chi connectivity index (χ4v) is 4.48. The number of thiophene rings is 1. The predicted molar refractivity (Wildman–Crippen MR) is 111 cm³/mol. The molecule has 1 aromatic heterocycles. The summed E-state index contributed by atoms with van der Waals surface area (Å²) in [7, 11) is 1.32. The number of nitro groups is 1. The van der Waals surface area contributed by atoms with Gasteiger partial charge in [0.05, 0.1) is 17.6 Å². The van der Waals surface area contributed by atoms with Crippen molar-refractivity contribution < 1.29 is 19.2 Å². The van der Waals surface area contributed by atoms with Crippen molar-refractivity contribution in [1.29, 1.82) is 0 Å². The van der Waals surface area contributed by atoms with Crippen LogP contribution < -0.4 is 5.32 Å². The zero-order chi connectivity index (χ0) is 21.0. The lowest BCUT2D eigenvalue weighted by Gasteiger charge is -2.25. The fourth-order valence-electron chi connectivity index (χ4n) is 3.20. The lowest BCUT2D eigenvalue weighted by atomic mass is 10.0. The number of benzene rings is 1. The minimum absolute atomic E-state index is 0.0491. The molecular weight excluding hydrogens is 394 g/mol. The number of nitro benzene ring substituents is 1. The Kier molecular flexibility index (Phi) is 6.40. The van der Waals surface area contributed by atoms with Gasteiger partial charge < -0.3 is 10.1 Å². The first-order valence-electron chi connectivity index (χ1n) is 9.11. The minimum Gasteiger partial charge on any atom is -0.465 e. The van der Waals surface area contributed by atoms with Gasteiger partial charge >= 0.3 is 5.97 Å². The standard InChI is InChI=1S/C20H21N3O5S/c1-3-22-10-9-15-16(12-22)29-19(18(15)20(25)28-2)21-17(24)8-7-13-5-4-6-14(11-13)23(26)27/h4-8,11H,3,9-10,12H2,1-2H3,(H,21,24). The Hall–Kier alpha value is -3.04. The molecule has 1 amide bonds. The topological polar surface area (TPSA) is 102 Å².